The van der Waals surface area contributed by atoms with Crippen molar-refractivity contribution in [3.8, 4) is 0 Å². The Morgan fingerprint density at radius 3 is 2.60 bits per heavy atom. The Hall–Kier alpha value is -0.610. The number of nitrogens with two attached hydrogens (primary N) is 1. The Kier molecular flexibility index (Phi) is 8.33. The minimum Gasteiger partial charge on any atom is -0.369 e. The Labute approximate surface area is 92.6 Å². The maximum atomic E-state index is 11.4. The van der Waals surface area contributed by atoms with E-state index in [0.717, 1.165) is 12.8 Å². The van der Waals surface area contributed by atoms with E-state index in [1.807, 2.05) is 0 Å². The molecule has 0 aromatic rings. The van der Waals surface area contributed by atoms with Crippen molar-refractivity contribution in [1.82, 2.24) is 5.32 Å². The molecule has 1 amide bonds. The van der Waals surface area contributed by atoms with Gasteiger partial charge in [0.2, 0.25) is 5.91 Å². The molecule has 0 aromatic carbocycles. The van der Waals surface area contributed by atoms with Crippen LogP contribution in [-0.4, -0.2) is 31.7 Å². The van der Waals surface area contributed by atoms with Crippen LogP contribution in [0.4, 0.5) is 0 Å². The molecule has 1 atom stereocenters. The van der Waals surface area contributed by atoms with Crippen LogP contribution in [0.15, 0.2) is 0 Å². The minimum atomic E-state index is -0.360. The van der Waals surface area contributed by atoms with Crippen LogP contribution in [0.25, 0.3) is 0 Å². The van der Waals surface area contributed by atoms with Crippen LogP contribution < -0.4 is 11.1 Å². The fraction of sp³-hybridized carbons (Fsp3) is 0.909. The summed E-state index contributed by atoms with van der Waals surface area (Å²) in [4.78, 5) is 11.4. The number of amides is 1. The molecular weight excluding hydrogens is 192 g/mol. The fourth-order valence-corrected chi connectivity index (χ4v) is 1.01. The van der Waals surface area contributed by atoms with E-state index in [1.165, 1.54) is 0 Å². The number of rotatable bonds is 8. The van der Waals surface area contributed by atoms with E-state index in [-0.39, 0.29) is 12.0 Å². The molecule has 0 rings (SSSR count). The van der Waals surface area contributed by atoms with E-state index in [9.17, 15) is 4.79 Å². The normalized spacial score (nSPS) is 12.9. The van der Waals surface area contributed by atoms with Gasteiger partial charge in [0.25, 0.3) is 0 Å². The van der Waals surface area contributed by atoms with Gasteiger partial charge in [-0.05, 0) is 32.2 Å². The van der Waals surface area contributed by atoms with Gasteiger partial charge in [-0.1, -0.05) is 13.8 Å². The number of ether oxygens (including phenoxy) is 1. The monoisotopic (exact) mass is 216 g/mol. The summed E-state index contributed by atoms with van der Waals surface area (Å²) in [6, 6.07) is 0. The molecule has 4 nitrogen and oxygen atoms in total. The van der Waals surface area contributed by atoms with Gasteiger partial charge in [0.05, 0.1) is 0 Å². The van der Waals surface area contributed by atoms with E-state index in [2.05, 4.69) is 19.2 Å². The van der Waals surface area contributed by atoms with E-state index in [0.29, 0.717) is 25.6 Å². The highest BCUT2D eigenvalue weighted by molar-refractivity contribution is 5.80. The molecule has 0 aliphatic heterocycles. The lowest BCUT2D eigenvalue weighted by molar-refractivity contribution is -0.131. The molecule has 3 N–H and O–H groups in total. The number of hydrogen-bond donors (Lipinski definition) is 2. The minimum absolute atomic E-state index is 0.0489. The van der Waals surface area contributed by atoms with Crippen LogP contribution in [0.3, 0.4) is 0 Å². The molecule has 0 fully saturated rings. The first-order valence-corrected chi connectivity index (χ1v) is 5.67. The number of nitrogens with one attached hydrogen (secondary N) is 1. The Balaban J connectivity index is 3.51. The summed E-state index contributed by atoms with van der Waals surface area (Å²) < 4.78 is 5.40. The highest BCUT2D eigenvalue weighted by atomic mass is 16.5. The van der Waals surface area contributed by atoms with E-state index >= 15 is 0 Å². The zero-order chi connectivity index (χ0) is 11.7. The summed E-state index contributed by atoms with van der Waals surface area (Å²) in [6.07, 6.45) is 1.44. The second kappa shape index (κ2) is 8.68. The van der Waals surface area contributed by atoms with E-state index in [1.54, 1.807) is 6.92 Å². The molecule has 0 spiro atoms. The van der Waals surface area contributed by atoms with Crippen LogP contribution in [0.5, 0.6) is 0 Å². The van der Waals surface area contributed by atoms with Crippen molar-refractivity contribution in [3.05, 3.63) is 0 Å². The number of carbonyl (C=O) groups excluding carboxylic acids is 1. The summed E-state index contributed by atoms with van der Waals surface area (Å²) in [5, 5.41) is 2.78. The van der Waals surface area contributed by atoms with Crippen LogP contribution in [-0.2, 0) is 9.53 Å². The maximum absolute atomic E-state index is 11.4. The first kappa shape index (κ1) is 14.4. The maximum Gasteiger partial charge on any atom is 0.248 e. The standard InChI is InChI=1S/C11H24N2O2/c1-9(2)5-8-15-10(3)11(14)13-7-4-6-12/h9-10H,4-8,12H2,1-3H3,(H,13,14). The number of hydrogen-bond acceptors (Lipinski definition) is 3. The van der Waals surface area contributed by atoms with Crippen molar-refractivity contribution in [3.63, 3.8) is 0 Å². The van der Waals surface area contributed by atoms with Crippen LogP contribution in [0.2, 0.25) is 0 Å². The van der Waals surface area contributed by atoms with Gasteiger partial charge in [0.15, 0.2) is 0 Å². The molecule has 4 heteroatoms. The smallest absolute Gasteiger partial charge is 0.248 e. The lowest BCUT2D eigenvalue weighted by Crippen LogP contribution is -2.35. The summed E-state index contributed by atoms with van der Waals surface area (Å²) in [5.74, 6) is 0.560. The highest BCUT2D eigenvalue weighted by Crippen LogP contribution is 2.01. The van der Waals surface area contributed by atoms with Gasteiger partial charge in [-0.25, -0.2) is 0 Å². The van der Waals surface area contributed by atoms with Crippen LogP contribution in [0, 0.1) is 5.92 Å². The van der Waals surface area contributed by atoms with Gasteiger partial charge in [-0.2, -0.15) is 0 Å². The third kappa shape index (κ3) is 8.39. The Morgan fingerprint density at radius 1 is 1.40 bits per heavy atom. The Bertz CT molecular complexity index is 172. The largest absolute Gasteiger partial charge is 0.369 e. The molecule has 0 aliphatic rings. The van der Waals surface area contributed by atoms with Crippen molar-refractivity contribution in [2.45, 2.75) is 39.7 Å². The topological polar surface area (TPSA) is 64.3 Å². The third-order valence-corrected chi connectivity index (χ3v) is 2.11. The van der Waals surface area contributed by atoms with Gasteiger partial charge in [-0.3, -0.25) is 4.79 Å². The first-order valence-electron chi connectivity index (χ1n) is 5.67. The molecule has 1 unspecified atom stereocenters. The first-order chi connectivity index (χ1) is 7.07. The van der Waals surface area contributed by atoms with E-state index in [4.69, 9.17) is 10.5 Å². The molecular formula is C11H24N2O2. The van der Waals surface area contributed by atoms with Gasteiger partial charge < -0.3 is 15.8 Å². The molecule has 15 heavy (non-hydrogen) atoms. The van der Waals surface area contributed by atoms with Crippen molar-refractivity contribution in [2.24, 2.45) is 11.7 Å². The Morgan fingerprint density at radius 2 is 2.07 bits per heavy atom. The predicted molar refractivity (Wildman–Crippen MR) is 61.6 cm³/mol. The predicted octanol–water partition coefficient (Wildman–Crippen LogP) is 0.903. The molecule has 0 bridgehead atoms. The van der Waals surface area contributed by atoms with Crippen molar-refractivity contribution in [1.29, 1.82) is 0 Å². The van der Waals surface area contributed by atoms with Crippen molar-refractivity contribution < 1.29 is 9.53 Å². The van der Waals surface area contributed by atoms with Gasteiger partial charge >= 0.3 is 0 Å². The molecule has 0 saturated heterocycles. The quantitative estimate of drug-likeness (QED) is 0.593. The second-order valence-corrected chi connectivity index (χ2v) is 4.13. The summed E-state index contributed by atoms with van der Waals surface area (Å²) in [5.41, 5.74) is 5.32. The summed E-state index contributed by atoms with van der Waals surface area (Å²) in [6.45, 7) is 7.92. The van der Waals surface area contributed by atoms with E-state index < -0.39 is 0 Å². The van der Waals surface area contributed by atoms with Gasteiger partial charge in [-0.15, -0.1) is 0 Å². The zero-order valence-electron chi connectivity index (χ0n) is 10.1. The molecule has 0 heterocycles. The second-order valence-electron chi connectivity index (χ2n) is 4.13. The average Bonchev–Trinajstić information content (AvgIpc) is 2.17. The van der Waals surface area contributed by atoms with Crippen molar-refractivity contribution in [2.75, 3.05) is 19.7 Å². The lowest BCUT2D eigenvalue weighted by atomic mass is 10.1. The molecule has 0 saturated carbocycles. The molecule has 0 radical (unpaired) electrons. The lowest BCUT2D eigenvalue weighted by Gasteiger charge is -2.13. The van der Waals surface area contributed by atoms with Crippen LogP contribution in [0.1, 0.15) is 33.6 Å². The third-order valence-electron chi connectivity index (χ3n) is 2.11. The molecule has 0 aromatic heterocycles. The highest BCUT2D eigenvalue weighted by Gasteiger charge is 2.12. The summed E-state index contributed by atoms with van der Waals surface area (Å²) >= 11 is 0. The van der Waals surface area contributed by atoms with Gasteiger partial charge in [0, 0.05) is 13.2 Å². The average molecular weight is 216 g/mol. The van der Waals surface area contributed by atoms with Gasteiger partial charge in [0.1, 0.15) is 6.10 Å². The summed E-state index contributed by atoms with van der Waals surface area (Å²) in [7, 11) is 0. The van der Waals surface area contributed by atoms with Crippen LogP contribution >= 0.6 is 0 Å². The molecule has 0 aliphatic carbocycles. The fourth-order valence-electron chi connectivity index (χ4n) is 1.01. The molecule has 90 valence electrons. The SMILES string of the molecule is CC(C)CCOC(C)C(=O)NCCCN. The number of carbonyl (C=O) groups is 1. The zero-order valence-corrected chi connectivity index (χ0v) is 10.1. The van der Waals surface area contributed by atoms with Crippen molar-refractivity contribution >= 4 is 5.91 Å².